The number of benzene rings is 4. The van der Waals surface area contributed by atoms with Crippen molar-refractivity contribution in [2.45, 2.75) is 38.6 Å². The van der Waals surface area contributed by atoms with Gasteiger partial charge in [0.1, 0.15) is 0 Å². The van der Waals surface area contributed by atoms with Crippen molar-refractivity contribution in [2.24, 2.45) is 0 Å². The zero-order valence-corrected chi connectivity index (χ0v) is 23.1. The molecular formula is C38H32N3+. The van der Waals surface area contributed by atoms with Crippen molar-refractivity contribution in [1.29, 1.82) is 0 Å². The summed E-state index contributed by atoms with van der Waals surface area (Å²) in [6.07, 6.45) is 9.45. The van der Waals surface area contributed by atoms with Gasteiger partial charge in [0, 0.05) is 40.4 Å². The molecule has 2 aliphatic carbocycles. The van der Waals surface area contributed by atoms with E-state index in [9.17, 15) is 0 Å². The van der Waals surface area contributed by atoms with Crippen molar-refractivity contribution < 1.29 is 4.57 Å². The summed E-state index contributed by atoms with van der Waals surface area (Å²) in [5.41, 5.74) is 16.6. The highest BCUT2D eigenvalue weighted by Crippen LogP contribution is 2.44. The first-order valence-corrected chi connectivity index (χ1v) is 14.8. The summed E-state index contributed by atoms with van der Waals surface area (Å²) in [4.78, 5) is 0. The monoisotopic (exact) mass is 530 g/mol. The number of nitrogens with zero attached hydrogens (tertiary/aromatic N) is 3. The van der Waals surface area contributed by atoms with E-state index in [1.165, 1.54) is 61.5 Å². The molecule has 2 aliphatic rings. The summed E-state index contributed by atoms with van der Waals surface area (Å²) in [7, 11) is 0. The molecular weight excluding hydrogens is 498 g/mol. The zero-order chi connectivity index (χ0) is 27.2. The Hall–Kier alpha value is -4.76. The number of rotatable bonds is 5. The molecule has 0 radical (unpaired) electrons. The van der Waals surface area contributed by atoms with Gasteiger partial charge >= 0.3 is 0 Å². The molecule has 0 spiro atoms. The van der Waals surface area contributed by atoms with E-state index in [0.717, 1.165) is 44.3 Å². The summed E-state index contributed by atoms with van der Waals surface area (Å²) >= 11 is 0. The van der Waals surface area contributed by atoms with E-state index < -0.39 is 0 Å². The molecule has 2 heterocycles. The smallest absolute Gasteiger partial charge is 0.217 e. The van der Waals surface area contributed by atoms with Gasteiger partial charge in [-0.25, -0.2) is 4.68 Å². The van der Waals surface area contributed by atoms with Gasteiger partial charge in [-0.2, -0.15) is 9.67 Å². The Morgan fingerprint density at radius 3 is 1.80 bits per heavy atom. The van der Waals surface area contributed by atoms with Crippen LogP contribution in [-0.2, 0) is 38.6 Å². The van der Waals surface area contributed by atoms with Crippen LogP contribution < -0.4 is 4.57 Å². The maximum absolute atomic E-state index is 4.71. The lowest BCUT2D eigenvalue weighted by atomic mass is 9.77. The quantitative estimate of drug-likeness (QED) is 0.210. The highest BCUT2D eigenvalue weighted by Gasteiger charge is 2.37. The van der Waals surface area contributed by atoms with E-state index in [-0.39, 0.29) is 0 Å². The Kier molecular flexibility index (Phi) is 5.88. The number of aromatic nitrogens is 3. The molecule has 0 atom stereocenters. The van der Waals surface area contributed by atoms with Gasteiger partial charge < -0.3 is 0 Å². The summed E-state index contributed by atoms with van der Waals surface area (Å²) < 4.78 is 4.67. The van der Waals surface area contributed by atoms with Crippen molar-refractivity contribution in [3.05, 3.63) is 149 Å². The SMILES string of the molecule is c1ccc(-c2c3c([n+](CCc4cnn(-c5ccccc5)c4)c4c2CCc2ccccc2-4)-c2ccccc2CC3)cc1. The van der Waals surface area contributed by atoms with Crippen LogP contribution in [0.3, 0.4) is 0 Å². The number of pyridine rings is 1. The van der Waals surface area contributed by atoms with Gasteiger partial charge in [0.15, 0.2) is 6.54 Å². The van der Waals surface area contributed by atoms with E-state index in [4.69, 9.17) is 5.10 Å². The van der Waals surface area contributed by atoms with Crippen molar-refractivity contribution >= 4 is 0 Å². The number of fused-ring (bicyclic) bond motifs is 6. The Balaban J connectivity index is 1.35. The highest BCUT2D eigenvalue weighted by atomic mass is 15.3. The van der Waals surface area contributed by atoms with Crippen LogP contribution in [-0.4, -0.2) is 9.78 Å². The zero-order valence-electron chi connectivity index (χ0n) is 23.1. The Labute approximate surface area is 241 Å². The average Bonchev–Trinajstić information content (AvgIpc) is 3.53. The molecule has 6 aromatic rings. The van der Waals surface area contributed by atoms with Crippen LogP contribution in [0.1, 0.15) is 27.8 Å². The summed E-state index contributed by atoms with van der Waals surface area (Å²) in [5, 5.41) is 4.71. The minimum Gasteiger partial charge on any atom is -0.241 e. The predicted molar refractivity (Wildman–Crippen MR) is 165 cm³/mol. The average molecular weight is 531 g/mol. The van der Waals surface area contributed by atoms with Crippen molar-refractivity contribution in [2.75, 3.05) is 0 Å². The molecule has 0 saturated carbocycles. The fraction of sp³-hybridized carbons (Fsp3) is 0.158. The molecule has 4 aromatic carbocycles. The second-order valence-electron chi connectivity index (χ2n) is 11.2. The molecule has 0 aliphatic heterocycles. The molecule has 0 N–H and O–H groups in total. The third-order valence-electron chi connectivity index (χ3n) is 8.89. The van der Waals surface area contributed by atoms with E-state index in [2.05, 4.69) is 114 Å². The van der Waals surface area contributed by atoms with Gasteiger partial charge in [-0.05, 0) is 72.2 Å². The molecule has 8 rings (SSSR count). The Morgan fingerprint density at radius 2 is 1.17 bits per heavy atom. The molecule has 2 aromatic heterocycles. The fourth-order valence-electron chi connectivity index (χ4n) is 7.05. The van der Waals surface area contributed by atoms with Gasteiger partial charge in [-0.1, -0.05) is 84.9 Å². The van der Waals surface area contributed by atoms with Crippen LogP contribution in [0.25, 0.3) is 39.3 Å². The third-order valence-corrected chi connectivity index (χ3v) is 8.89. The lowest BCUT2D eigenvalue weighted by Crippen LogP contribution is -2.44. The number of hydrogen-bond acceptors (Lipinski definition) is 1. The predicted octanol–water partition coefficient (Wildman–Crippen LogP) is 7.60. The van der Waals surface area contributed by atoms with Gasteiger partial charge in [0.25, 0.3) is 0 Å². The fourth-order valence-corrected chi connectivity index (χ4v) is 7.05. The van der Waals surface area contributed by atoms with Gasteiger partial charge in [-0.3, -0.25) is 0 Å². The standard InChI is InChI=1S/C38H32N3/c1-3-13-30(14-4-1)36-34-21-19-28-11-7-9-17-32(28)37(34)40(38-33-18-10-8-12-29(33)20-22-35(36)38)24-23-27-25-39-41(26-27)31-15-5-2-6-16-31/h1-18,25-26H,19-24H2/q+1. The normalized spacial score (nSPS) is 13.2. The van der Waals surface area contributed by atoms with Crippen LogP contribution in [0.4, 0.5) is 0 Å². The molecule has 0 fully saturated rings. The molecule has 41 heavy (non-hydrogen) atoms. The summed E-state index contributed by atoms with van der Waals surface area (Å²) in [6, 6.07) is 39.6. The molecule has 3 heteroatoms. The lowest BCUT2D eigenvalue weighted by molar-refractivity contribution is -0.675. The Morgan fingerprint density at radius 1 is 0.610 bits per heavy atom. The van der Waals surface area contributed by atoms with E-state index in [1.54, 1.807) is 0 Å². The van der Waals surface area contributed by atoms with Gasteiger partial charge in [0.05, 0.1) is 11.9 Å². The number of hydrogen-bond donors (Lipinski definition) is 0. The first kappa shape index (κ1) is 24.1. The van der Waals surface area contributed by atoms with Crippen molar-refractivity contribution in [3.63, 3.8) is 0 Å². The second-order valence-corrected chi connectivity index (χ2v) is 11.2. The largest absolute Gasteiger partial charge is 0.241 e. The minimum atomic E-state index is 0.906. The second kappa shape index (κ2) is 10.0. The lowest BCUT2D eigenvalue weighted by Gasteiger charge is -2.28. The molecule has 3 nitrogen and oxygen atoms in total. The minimum absolute atomic E-state index is 0.906. The molecule has 0 amide bonds. The maximum Gasteiger partial charge on any atom is 0.217 e. The highest BCUT2D eigenvalue weighted by molar-refractivity contribution is 5.85. The first-order valence-electron chi connectivity index (χ1n) is 14.8. The van der Waals surface area contributed by atoms with E-state index in [0.29, 0.717) is 0 Å². The van der Waals surface area contributed by atoms with Crippen LogP contribution in [0.5, 0.6) is 0 Å². The molecule has 0 bridgehead atoms. The van der Waals surface area contributed by atoms with Crippen molar-refractivity contribution in [1.82, 2.24) is 9.78 Å². The van der Waals surface area contributed by atoms with Gasteiger partial charge in [0.2, 0.25) is 11.4 Å². The first-order chi connectivity index (χ1) is 20.3. The van der Waals surface area contributed by atoms with E-state index in [1.807, 2.05) is 16.9 Å². The molecule has 0 unspecified atom stereocenters. The topological polar surface area (TPSA) is 21.7 Å². The van der Waals surface area contributed by atoms with Gasteiger partial charge in [-0.15, -0.1) is 0 Å². The maximum atomic E-state index is 4.71. The number of para-hydroxylation sites is 1. The van der Waals surface area contributed by atoms with Crippen LogP contribution >= 0.6 is 0 Å². The summed E-state index contributed by atoms with van der Waals surface area (Å²) in [6.45, 7) is 0.906. The van der Waals surface area contributed by atoms with Crippen LogP contribution in [0.15, 0.2) is 122 Å². The van der Waals surface area contributed by atoms with Crippen LogP contribution in [0, 0.1) is 0 Å². The molecule has 198 valence electrons. The third kappa shape index (κ3) is 4.12. The summed E-state index contributed by atoms with van der Waals surface area (Å²) in [5.74, 6) is 0. The number of aryl methyl sites for hydroxylation is 3. The van der Waals surface area contributed by atoms with E-state index >= 15 is 0 Å². The molecule has 0 saturated heterocycles. The van der Waals surface area contributed by atoms with Crippen LogP contribution in [0.2, 0.25) is 0 Å². The van der Waals surface area contributed by atoms with Crippen molar-refractivity contribution in [3.8, 4) is 39.3 Å². The Bertz CT molecular complexity index is 1810.